The SMILES string of the molecule is COc1ccccc1CNC(=O)c1ccc(NC2CCCCCC2)nc1. The van der Waals surface area contributed by atoms with E-state index in [1.54, 1.807) is 13.3 Å². The van der Waals surface area contributed by atoms with Gasteiger partial charge in [-0.3, -0.25) is 4.79 Å². The van der Waals surface area contributed by atoms with Gasteiger partial charge in [-0.2, -0.15) is 0 Å². The molecule has 0 atom stereocenters. The normalized spacial score (nSPS) is 15.1. The van der Waals surface area contributed by atoms with Crippen LogP contribution in [-0.4, -0.2) is 24.0 Å². The quantitative estimate of drug-likeness (QED) is 0.766. The highest BCUT2D eigenvalue weighted by Crippen LogP contribution is 2.20. The molecule has 3 rings (SSSR count). The molecule has 0 radical (unpaired) electrons. The number of ether oxygens (including phenoxy) is 1. The monoisotopic (exact) mass is 353 g/mol. The fraction of sp³-hybridized carbons (Fsp3) is 0.429. The van der Waals surface area contributed by atoms with Gasteiger partial charge < -0.3 is 15.4 Å². The second-order valence-electron chi connectivity index (χ2n) is 6.76. The highest BCUT2D eigenvalue weighted by molar-refractivity contribution is 5.94. The fourth-order valence-electron chi connectivity index (χ4n) is 3.37. The van der Waals surface area contributed by atoms with Gasteiger partial charge in [0, 0.05) is 24.3 Å². The molecule has 0 saturated heterocycles. The van der Waals surface area contributed by atoms with E-state index in [1.165, 1.54) is 38.5 Å². The van der Waals surface area contributed by atoms with E-state index in [1.807, 2.05) is 36.4 Å². The average Bonchev–Trinajstić information content (AvgIpc) is 2.95. The highest BCUT2D eigenvalue weighted by Gasteiger charge is 2.13. The number of nitrogens with one attached hydrogen (secondary N) is 2. The molecule has 1 fully saturated rings. The standard InChI is InChI=1S/C21H27N3O2/c1-26-19-11-7-6-8-16(19)14-23-21(25)17-12-13-20(22-15-17)24-18-9-4-2-3-5-10-18/h6-8,11-13,15,18H,2-5,9-10,14H2,1H3,(H,22,24)(H,23,25). The van der Waals surface area contributed by atoms with E-state index in [-0.39, 0.29) is 5.91 Å². The maximum Gasteiger partial charge on any atom is 0.253 e. The van der Waals surface area contributed by atoms with Gasteiger partial charge in [-0.15, -0.1) is 0 Å². The van der Waals surface area contributed by atoms with Crippen molar-refractivity contribution in [1.29, 1.82) is 0 Å². The minimum absolute atomic E-state index is 0.135. The molecule has 0 unspecified atom stereocenters. The molecule has 1 heterocycles. The molecule has 2 aromatic rings. The molecule has 5 nitrogen and oxygen atoms in total. The lowest BCUT2D eigenvalue weighted by atomic mass is 10.1. The van der Waals surface area contributed by atoms with Gasteiger partial charge in [0.25, 0.3) is 5.91 Å². The Bertz CT molecular complexity index is 707. The lowest BCUT2D eigenvalue weighted by molar-refractivity contribution is 0.0950. The Balaban J connectivity index is 1.54. The molecule has 5 heteroatoms. The number of amides is 1. The van der Waals surface area contributed by atoms with Crippen molar-refractivity contribution in [3.63, 3.8) is 0 Å². The van der Waals surface area contributed by atoms with Crippen molar-refractivity contribution in [1.82, 2.24) is 10.3 Å². The molecule has 1 aromatic carbocycles. The largest absolute Gasteiger partial charge is 0.496 e. The third kappa shape index (κ3) is 4.97. The molecule has 1 amide bonds. The number of carbonyl (C=O) groups excluding carboxylic acids is 1. The summed E-state index contributed by atoms with van der Waals surface area (Å²) < 4.78 is 5.31. The summed E-state index contributed by atoms with van der Waals surface area (Å²) in [6.45, 7) is 0.422. The van der Waals surface area contributed by atoms with Crippen LogP contribution < -0.4 is 15.4 Å². The Morgan fingerprint density at radius 2 is 1.88 bits per heavy atom. The molecule has 1 aromatic heterocycles. The fourth-order valence-corrected chi connectivity index (χ4v) is 3.37. The smallest absolute Gasteiger partial charge is 0.253 e. The van der Waals surface area contributed by atoms with Crippen LogP contribution in [0.5, 0.6) is 5.75 Å². The molecule has 0 bridgehead atoms. The lowest BCUT2D eigenvalue weighted by Crippen LogP contribution is -2.23. The summed E-state index contributed by atoms with van der Waals surface area (Å²) >= 11 is 0. The summed E-state index contributed by atoms with van der Waals surface area (Å²) in [4.78, 5) is 16.8. The van der Waals surface area contributed by atoms with E-state index in [0.29, 0.717) is 18.2 Å². The van der Waals surface area contributed by atoms with Gasteiger partial charge in [0.15, 0.2) is 0 Å². The number of carbonyl (C=O) groups is 1. The highest BCUT2D eigenvalue weighted by atomic mass is 16.5. The van der Waals surface area contributed by atoms with Gasteiger partial charge >= 0.3 is 0 Å². The molecule has 0 aliphatic heterocycles. The second-order valence-corrected chi connectivity index (χ2v) is 6.76. The minimum atomic E-state index is -0.135. The summed E-state index contributed by atoms with van der Waals surface area (Å²) in [7, 11) is 1.63. The zero-order valence-corrected chi connectivity index (χ0v) is 15.3. The van der Waals surface area contributed by atoms with Crippen LogP contribution in [-0.2, 0) is 6.54 Å². The van der Waals surface area contributed by atoms with Crippen LogP contribution in [0.1, 0.15) is 54.4 Å². The van der Waals surface area contributed by atoms with Crippen LogP contribution in [0.3, 0.4) is 0 Å². The predicted molar refractivity (Wildman–Crippen MR) is 104 cm³/mol. The molecule has 2 N–H and O–H groups in total. The van der Waals surface area contributed by atoms with Crippen molar-refractivity contribution in [2.45, 2.75) is 51.1 Å². The van der Waals surface area contributed by atoms with Crippen LogP contribution in [0.2, 0.25) is 0 Å². The van der Waals surface area contributed by atoms with E-state index in [9.17, 15) is 4.79 Å². The molecule has 138 valence electrons. The van der Waals surface area contributed by atoms with Crippen LogP contribution in [0, 0.1) is 0 Å². The molecule has 1 saturated carbocycles. The molecule has 1 aliphatic rings. The Kier molecular flexibility index (Phi) is 6.47. The van der Waals surface area contributed by atoms with Gasteiger partial charge in [0.05, 0.1) is 12.7 Å². The Morgan fingerprint density at radius 1 is 1.12 bits per heavy atom. The number of aromatic nitrogens is 1. The van der Waals surface area contributed by atoms with Gasteiger partial charge in [-0.1, -0.05) is 43.9 Å². The topological polar surface area (TPSA) is 63.2 Å². The Labute approximate surface area is 155 Å². The number of nitrogens with zero attached hydrogens (tertiary/aromatic N) is 1. The molecule has 0 spiro atoms. The summed E-state index contributed by atoms with van der Waals surface area (Å²) in [6, 6.07) is 11.9. The summed E-state index contributed by atoms with van der Waals surface area (Å²) in [5, 5.41) is 6.42. The summed E-state index contributed by atoms with van der Waals surface area (Å²) in [6.07, 6.45) is 9.25. The number of pyridine rings is 1. The van der Waals surface area contributed by atoms with E-state index in [4.69, 9.17) is 4.74 Å². The number of hydrogen-bond donors (Lipinski definition) is 2. The van der Waals surface area contributed by atoms with E-state index in [2.05, 4.69) is 15.6 Å². The molecule has 26 heavy (non-hydrogen) atoms. The number of benzene rings is 1. The van der Waals surface area contributed by atoms with E-state index < -0.39 is 0 Å². The second kappa shape index (κ2) is 9.22. The third-order valence-corrected chi connectivity index (χ3v) is 4.86. The first-order valence-corrected chi connectivity index (χ1v) is 9.39. The zero-order valence-electron chi connectivity index (χ0n) is 15.3. The maximum absolute atomic E-state index is 12.4. The average molecular weight is 353 g/mol. The van der Waals surface area contributed by atoms with Gasteiger partial charge in [0.2, 0.25) is 0 Å². The first-order chi connectivity index (χ1) is 12.8. The van der Waals surface area contributed by atoms with Crippen LogP contribution in [0.4, 0.5) is 5.82 Å². The number of hydrogen-bond acceptors (Lipinski definition) is 4. The first-order valence-electron chi connectivity index (χ1n) is 9.39. The van der Waals surface area contributed by atoms with Crippen molar-refractivity contribution < 1.29 is 9.53 Å². The van der Waals surface area contributed by atoms with E-state index in [0.717, 1.165) is 17.1 Å². The maximum atomic E-state index is 12.4. The van der Waals surface area contributed by atoms with Gasteiger partial charge in [-0.05, 0) is 31.0 Å². The molecule has 1 aliphatic carbocycles. The number of methoxy groups -OCH3 is 1. The molecular weight excluding hydrogens is 326 g/mol. The van der Waals surface area contributed by atoms with Crippen molar-refractivity contribution >= 4 is 11.7 Å². The summed E-state index contributed by atoms with van der Waals surface area (Å²) in [5.74, 6) is 1.48. The molecular formula is C21H27N3O2. The van der Waals surface area contributed by atoms with Crippen LogP contribution >= 0.6 is 0 Å². The van der Waals surface area contributed by atoms with Crippen molar-refractivity contribution in [3.8, 4) is 5.75 Å². The minimum Gasteiger partial charge on any atom is -0.496 e. The lowest BCUT2D eigenvalue weighted by Gasteiger charge is -2.17. The van der Waals surface area contributed by atoms with Crippen molar-refractivity contribution in [2.75, 3.05) is 12.4 Å². The van der Waals surface area contributed by atoms with Crippen LogP contribution in [0.15, 0.2) is 42.6 Å². The van der Waals surface area contributed by atoms with E-state index >= 15 is 0 Å². The Morgan fingerprint density at radius 3 is 2.58 bits per heavy atom. The van der Waals surface area contributed by atoms with Crippen LogP contribution in [0.25, 0.3) is 0 Å². The van der Waals surface area contributed by atoms with Gasteiger partial charge in [0.1, 0.15) is 11.6 Å². The predicted octanol–water partition coefficient (Wildman–Crippen LogP) is 4.15. The van der Waals surface area contributed by atoms with Crippen molar-refractivity contribution in [2.24, 2.45) is 0 Å². The zero-order chi connectivity index (χ0) is 18.2. The number of rotatable bonds is 6. The third-order valence-electron chi connectivity index (χ3n) is 4.86. The summed E-state index contributed by atoms with van der Waals surface area (Å²) in [5.41, 5.74) is 1.51. The first kappa shape index (κ1) is 18.2. The number of para-hydroxylation sites is 1. The van der Waals surface area contributed by atoms with Gasteiger partial charge in [-0.25, -0.2) is 4.98 Å². The number of anilines is 1. The Hall–Kier alpha value is -2.56. The van der Waals surface area contributed by atoms with Crippen molar-refractivity contribution in [3.05, 3.63) is 53.7 Å².